The van der Waals surface area contributed by atoms with Crippen LogP contribution in [0.5, 0.6) is 0 Å². The van der Waals surface area contributed by atoms with E-state index in [4.69, 9.17) is 4.74 Å². The minimum atomic E-state index is -0.680. The summed E-state index contributed by atoms with van der Waals surface area (Å²) in [7, 11) is 0. The fraction of sp³-hybridized carbons (Fsp3) is 0.316. The van der Waals surface area contributed by atoms with E-state index in [1.165, 1.54) is 0 Å². The first-order valence-corrected chi connectivity index (χ1v) is 8.60. The van der Waals surface area contributed by atoms with Gasteiger partial charge in [0.25, 0.3) is 0 Å². The van der Waals surface area contributed by atoms with Gasteiger partial charge < -0.3 is 20.3 Å². The lowest BCUT2D eigenvalue weighted by molar-refractivity contribution is -0.118. The molecule has 2 aromatic rings. The summed E-state index contributed by atoms with van der Waals surface area (Å²) in [6.07, 6.45) is 3.62. The third-order valence-electron chi connectivity index (χ3n) is 4.14. The molecule has 7 nitrogen and oxygen atoms in total. The largest absolute Gasteiger partial charge is 0.378 e. The molecule has 136 valence electrons. The van der Waals surface area contributed by atoms with Crippen LogP contribution in [0.15, 0.2) is 54.9 Å². The van der Waals surface area contributed by atoms with Crippen LogP contribution in [0.3, 0.4) is 0 Å². The quantitative estimate of drug-likeness (QED) is 0.856. The summed E-state index contributed by atoms with van der Waals surface area (Å²) < 4.78 is 5.27. The molecule has 1 aromatic carbocycles. The van der Waals surface area contributed by atoms with Crippen LogP contribution < -0.4 is 10.6 Å². The highest BCUT2D eigenvalue weighted by molar-refractivity contribution is 5.97. The van der Waals surface area contributed by atoms with E-state index < -0.39 is 6.04 Å². The van der Waals surface area contributed by atoms with Crippen LogP contribution >= 0.6 is 0 Å². The van der Waals surface area contributed by atoms with E-state index in [1.807, 2.05) is 30.3 Å². The van der Waals surface area contributed by atoms with Gasteiger partial charge in [0, 0.05) is 37.6 Å². The summed E-state index contributed by atoms with van der Waals surface area (Å²) in [4.78, 5) is 30.9. The Morgan fingerprint density at radius 3 is 2.46 bits per heavy atom. The molecule has 3 rings (SSSR count). The predicted octanol–water partition coefficient (Wildman–Crippen LogP) is 1.67. The van der Waals surface area contributed by atoms with Gasteiger partial charge in [-0.3, -0.25) is 9.78 Å². The van der Waals surface area contributed by atoms with Crippen LogP contribution in [0, 0.1) is 0 Å². The van der Waals surface area contributed by atoms with Gasteiger partial charge >= 0.3 is 6.03 Å². The molecular formula is C19H22N4O3. The van der Waals surface area contributed by atoms with Crippen molar-refractivity contribution in [1.82, 2.24) is 15.2 Å². The highest BCUT2D eigenvalue weighted by Crippen LogP contribution is 2.09. The number of aromatic nitrogens is 1. The van der Waals surface area contributed by atoms with Crippen molar-refractivity contribution in [2.45, 2.75) is 12.5 Å². The lowest BCUT2D eigenvalue weighted by atomic mass is 10.1. The number of amides is 3. The maximum absolute atomic E-state index is 12.7. The third-order valence-corrected chi connectivity index (χ3v) is 4.14. The number of anilines is 1. The van der Waals surface area contributed by atoms with Crippen molar-refractivity contribution in [2.75, 3.05) is 31.6 Å². The number of hydrogen-bond donors (Lipinski definition) is 2. The molecule has 0 bridgehead atoms. The summed E-state index contributed by atoms with van der Waals surface area (Å²) in [5, 5.41) is 5.69. The minimum absolute atomic E-state index is 0.251. The number of morpholine rings is 1. The Morgan fingerprint density at radius 2 is 1.77 bits per heavy atom. The number of rotatable bonds is 5. The lowest BCUT2D eigenvalue weighted by Gasteiger charge is -2.29. The van der Waals surface area contributed by atoms with Gasteiger partial charge in [-0.05, 0) is 17.7 Å². The first-order chi connectivity index (χ1) is 12.7. The molecule has 0 radical (unpaired) electrons. The van der Waals surface area contributed by atoms with Crippen LogP contribution in [-0.2, 0) is 16.0 Å². The summed E-state index contributed by atoms with van der Waals surface area (Å²) >= 11 is 0. The number of pyridine rings is 1. The second-order valence-corrected chi connectivity index (χ2v) is 6.02. The maximum Gasteiger partial charge on any atom is 0.318 e. The number of benzene rings is 1. The first-order valence-electron chi connectivity index (χ1n) is 8.60. The molecule has 0 saturated carbocycles. The van der Waals surface area contributed by atoms with E-state index >= 15 is 0 Å². The molecule has 1 aliphatic heterocycles. The van der Waals surface area contributed by atoms with Crippen LogP contribution in [0.1, 0.15) is 5.56 Å². The highest BCUT2D eigenvalue weighted by atomic mass is 16.5. The van der Waals surface area contributed by atoms with Gasteiger partial charge in [0.15, 0.2) is 0 Å². The lowest BCUT2D eigenvalue weighted by Crippen LogP contribution is -2.53. The Labute approximate surface area is 152 Å². The Morgan fingerprint density at radius 1 is 1.08 bits per heavy atom. The number of hydrogen-bond acceptors (Lipinski definition) is 4. The van der Waals surface area contributed by atoms with Gasteiger partial charge in [-0.2, -0.15) is 0 Å². The van der Waals surface area contributed by atoms with E-state index in [9.17, 15) is 9.59 Å². The van der Waals surface area contributed by atoms with E-state index in [0.29, 0.717) is 38.4 Å². The molecule has 1 saturated heterocycles. The van der Waals surface area contributed by atoms with E-state index in [0.717, 1.165) is 5.56 Å². The van der Waals surface area contributed by atoms with Crippen molar-refractivity contribution >= 4 is 17.6 Å². The number of urea groups is 1. The monoisotopic (exact) mass is 354 g/mol. The van der Waals surface area contributed by atoms with Crippen molar-refractivity contribution in [3.8, 4) is 0 Å². The van der Waals surface area contributed by atoms with Crippen molar-refractivity contribution in [1.29, 1.82) is 0 Å². The molecule has 3 amide bonds. The Hall–Kier alpha value is -2.93. The van der Waals surface area contributed by atoms with Gasteiger partial charge in [-0.15, -0.1) is 0 Å². The molecule has 2 heterocycles. The van der Waals surface area contributed by atoms with Crippen LogP contribution in [0.4, 0.5) is 10.5 Å². The van der Waals surface area contributed by atoms with E-state index in [-0.39, 0.29) is 11.9 Å². The molecule has 26 heavy (non-hydrogen) atoms. The molecule has 0 spiro atoms. The highest BCUT2D eigenvalue weighted by Gasteiger charge is 2.25. The van der Waals surface area contributed by atoms with Gasteiger partial charge in [0.1, 0.15) is 6.04 Å². The number of nitrogens with one attached hydrogen (secondary N) is 2. The molecule has 1 atom stereocenters. The molecular weight excluding hydrogens is 332 g/mol. The van der Waals surface area contributed by atoms with E-state index in [2.05, 4.69) is 15.6 Å². The molecule has 1 aromatic heterocycles. The Kier molecular flexibility index (Phi) is 6.16. The Bertz CT molecular complexity index is 718. The van der Waals surface area contributed by atoms with Gasteiger partial charge in [0.2, 0.25) is 5.91 Å². The molecule has 0 unspecified atom stereocenters. The number of carbonyl (C=O) groups is 2. The van der Waals surface area contributed by atoms with Crippen molar-refractivity contribution < 1.29 is 14.3 Å². The summed E-state index contributed by atoms with van der Waals surface area (Å²) in [5.74, 6) is -0.262. The fourth-order valence-electron chi connectivity index (χ4n) is 2.73. The van der Waals surface area contributed by atoms with Crippen molar-refractivity contribution in [2.24, 2.45) is 0 Å². The maximum atomic E-state index is 12.7. The summed E-state index contributed by atoms with van der Waals surface area (Å²) in [6.45, 7) is 2.08. The second kappa shape index (κ2) is 8.96. The summed E-state index contributed by atoms with van der Waals surface area (Å²) in [5.41, 5.74) is 1.62. The van der Waals surface area contributed by atoms with Crippen LogP contribution in [0.25, 0.3) is 0 Å². The number of ether oxygens (including phenoxy) is 1. The molecule has 1 aliphatic rings. The predicted molar refractivity (Wildman–Crippen MR) is 97.7 cm³/mol. The zero-order valence-electron chi connectivity index (χ0n) is 14.4. The van der Waals surface area contributed by atoms with Crippen LogP contribution in [0.2, 0.25) is 0 Å². The zero-order valence-corrected chi connectivity index (χ0v) is 14.4. The molecule has 1 fully saturated rings. The van der Waals surface area contributed by atoms with Crippen molar-refractivity contribution in [3.63, 3.8) is 0 Å². The average Bonchev–Trinajstić information content (AvgIpc) is 2.69. The molecule has 7 heteroatoms. The molecule has 0 aliphatic carbocycles. The van der Waals surface area contributed by atoms with Crippen LogP contribution in [-0.4, -0.2) is 54.2 Å². The van der Waals surface area contributed by atoms with Crippen molar-refractivity contribution in [3.05, 3.63) is 60.4 Å². The minimum Gasteiger partial charge on any atom is -0.378 e. The summed E-state index contributed by atoms with van der Waals surface area (Å²) in [6, 6.07) is 12.1. The van der Waals surface area contributed by atoms with E-state index in [1.54, 1.807) is 29.4 Å². The zero-order chi connectivity index (χ0) is 18.2. The van der Waals surface area contributed by atoms with Gasteiger partial charge in [0.05, 0.1) is 13.2 Å². The second-order valence-electron chi connectivity index (χ2n) is 6.02. The Balaban J connectivity index is 1.70. The fourth-order valence-corrected chi connectivity index (χ4v) is 2.73. The smallest absolute Gasteiger partial charge is 0.318 e. The number of nitrogens with zero attached hydrogens (tertiary/aromatic N) is 2. The average molecular weight is 354 g/mol. The first kappa shape index (κ1) is 17.9. The normalized spacial score (nSPS) is 15.2. The molecule has 2 N–H and O–H groups in total. The SMILES string of the molecule is O=C(Nc1ccncc1)[C@@H](Cc1ccccc1)NC(=O)N1CCOCC1. The third kappa shape index (κ3) is 5.03. The van der Waals surface area contributed by atoms with Gasteiger partial charge in [-0.25, -0.2) is 4.79 Å². The standard InChI is InChI=1S/C19H22N4O3/c24-18(21-16-6-8-20-9-7-16)17(14-15-4-2-1-3-5-15)22-19(25)23-10-12-26-13-11-23/h1-9,17H,10-14H2,(H,22,25)(H,20,21,24)/t17-/m1/s1. The topological polar surface area (TPSA) is 83.6 Å². The van der Waals surface area contributed by atoms with Gasteiger partial charge in [-0.1, -0.05) is 30.3 Å². The number of carbonyl (C=O) groups excluding carboxylic acids is 2.